The lowest BCUT2D eigenvalue weighted by molar-refractivity contribution is -0.870. The molecular formula is C30H61NO7P+. The van der Waals surface area contributed by atoms with Crippen LogP contribution in [0.25, 0.3) is 0 Å². The van der Waals surface area contributed by atoms with E-state index in [0.29, 0.717) is 24.1 Å². The maximum Gasteiger partial charge on any atom is 0.472 e. The van der Waals surface area contributed by atoms with Crippen LogP contribution in [0.5, 0.6) is 0 Å². The van der Waals surface area contributed by atoms with Gasteiger partial charge in [0, 0.05) is 13.0 Å². The van der Waals surface area contributed by atoms with Crippen LogP contribution in [0.2, 0.25) is 0 Å². The molecule has 0 saturated heterocycles. The Balaban J connectivity index is 4.38. The highest BCUT2D eigenvalue weighted by Gasteiger charge is 2.26. The normalized spacial score (nSPS) is 14.5. The number of phosphoric acid groups is 1. The standard InChI is InChI=1S/C30H60NO7P/c1-6-8-10-12-14-15-16-17-18-19-21-23-30(32)38-29(27-35-25-22-20-13-11-9-7-2)28-37-39(33,34)36-26-24-31(3,4)5/h12,14,29H,6-11,13,15-28H2,1-5H3/p+1/b14-12-. The Morgan fingerprint density at radius 3 is 2.03 bits per heavy atom. The molecule has 0 aromatic carbocycles. The first-order chi connectivity index (χ1) is 18.6. The van der Waals surface area contributed by atoms with Gasteiger partial charge in [-0.05, 0) is 32.1 Å². The number of carbonyl (C=O) groups is 1. The molecule has 0 amide bonds. The highest BCUT2D eigenvalue weighted by Crippen LogP contribution is 2.43. The monoisotopic (exact) mass is 578 g/mol. The molecule has 0 aliphatic rings. The number of ether oxygens (including phenoxy) is 2. The van der Waals surface area contributed by atoms with E-state index in [9.17, 15) is 14.3 Å². The molecule has 0 rings (SSSR count). The predicted octanol–water partition coefficient (Wildman–Crippen LogP) is 7.59. The Morgan fingerprint density at radius 1 is 0.769 bits per heavy atom. The zero-order valence-electron chi connectivity index (χ0n) is 25.9. The third-order valence-corrected chi connectivity index (χ3v) is 7.31. The third kappa shape index (κ3) is 28.6. The number of phosphoric ester groups is 1. The molecular weight excluding hydrogens is 517 g/mol. The summed E-state index contributed by atoms with van der Waals surface area (Å²) in [5.74, 6) is -0.329. The highest BCUT2D eigenvalue weighted by atomic mass is 31.2. The van der Waals surface area contributed by atoms with E-state index in [4.69, 9.17) is 18.5 Å². The molecule has 0 saturated carbocycles. The van der Waals surface area contributed by atoms with Crippen molar-refractivity contribution in [2.45, 2.75) is 123 Å². The summed E-state index contributed by atoms with van der Waals surface area (Å²) in [5.41, 5.74) is 0. The van der Waals surface area contributed by atoms with Crippen LogP contribution in [-0.2, 0) is 27.9 Å². The molecule has 0 fully saturated rings. The van der Waals surface area contributed by atoms with Crippen molar-refractivity contribution in [2.75, 3.05) is 54.1 Å². The van der Waals surface area contributed by atoms with Gasteiger partial charge in [0.05, 0.1) is 34.4 Å². The maximum atomic E-state index is 12.4. The summed E-state index contributed by atoms with van der Waals surface area (Å²) < 4.78 is 34.4. The fourth-order valence-corrected chi connectivity index (χ4v) is 4.57. The summed E-state index contributed by atoms with van der Waals surface area (Å²) in [6.07, 6.45) is 21.1. The SMILES string of the molecule is CCCC/C=C\CCCCCCCC(=O)OC(COCCCCCCCC)COP(=O)(O)OCC[N+](C)(C)C. The van der Waals surface area contributed by atoms with Gasteiger partial charge in [-0.3, -0.25) is 13.8 Å². The van der Waals surface area contributed by atoms with Crippen LogP contribution >= 0.6 is 7.82 Å². The van der Waals surface area contributed by atoms with Crippen LogP contribution in [0.3, 0.4) is 0 Å². The van der Waals surface area contributed by atoms with E-state index in [-0.39, 0.29) is 25.8 Å². The van der Waals surface area contributed by atoms with Crippen molar-refractivity contribution in [1.29, 1.82) is 0 Å². The second-order valence-corrected chi connectivity index (χ2v) is 12.9. The lowest BCUT2D eigenvalue weighted by Crippen LogP contribution is -2.37. The number of quaternary nitrogens is 1. The molecule has 0 aliphatic heterocycles. The molecule has 0 radical (unpaired) electrons. The Kier molecular flexibility index (Phi) is 24.5. The summed E-state index contributed by atoms with van der Waals surface area (Å²) in [6, 6.07) is 0. The fourth-order valence-electron chi connectivity index (χ4n) is 3.82. The molecule has 2 atom stereocenters. The number of esters is 1. The van der Waals surface area contributed by atoms with Crippen LogP contribution in [0.4, 0.5) is 0 Å². The van der Waals surface area contributed by atoms with E-state index in [1.54, 1.807) is 0 Å². The van der Waals surface area contributed by atoms with E-state index in [0.717, 1.165) is 44.9 Å². The van der Waals surface area contributed by atoms with Crippen molar-refractivity contribution in [3.8, 4) is 0 Å². The zero-order valence-corrected chi connectivity index (χ0v) is 26.8. The van der Waals surface area contributed by atoms with Gasteiger partial charge in [-0.25, -0.2) is 4.57 Å². The average Bonchev–Trinajstić information content (AvgIpc) is 2.86. The molecule has 0 aromatic rings. The minimum Gasteiger partial charge on any atom is -0.457 e. The van der Waals surface area contributed by atoms with E-state index in [1.165, 1.54) is 51.4 Å². The number of rotatable bonds is 28. The third-order valence-electron chi connectivity index (χ3n) is 6.33. The lowest BCUT2D eigenvalue weighted by Gasteiger charge is -2.24. The topological polar surface area (TPSA) is 91.3 Å². The quantitative estimate of drug-likeness (QED) is 0.0336. The average molecular weight is 579 g/mol. The van der Waals surface area contributed by atoms with Crippen molar-refractivity contribution in [3.63, 3.8) is 0 Å². The van der Waals surface area contributed by atoms with Gasteiger partial charge >= 0.3 is 13.8 Å². The summed E-state index contributed by atoms with van der Waals surface area (Å²) >= 11 is 0. The minimum absolute atomic E-state index is 0.0887. The van der Waals surface area contributed by atoms with Crippen molar-refractivity contribution in [3.05, 3.63) is 12.2 Å². The van der Waals surface area contributed by atoms with Gasteiger partial charge in [0.2, 0.25) is 0 Å². The van der Waals surface area contributed by atoms with E-state index in [2.05, 4.69) is 26.0 Å². The Hall–Kier alpha value is -0.760. The molecule has 8 nitrogen and oxygen atoms in total. The molecule has 0 aromatic heterocycles. The van der Waals surface area contributed by atoms with Crippen LogP contribution in [0.1, 0.15) is 117 Å². The van der Waals surface area contributed by atoms with E-state index < -0.39 is 13.9 Å². The van der Waals surface area contributed by atoms with E-state index >= 15 is 0 Å². The van der Waals surface area contributed by atoms with Crippen LogP contribution in [-0.4, -0.2) is 75.6 Å². The van der Waals surface area contributed by atoms with Gasteiger partial charge in [0.15, 0.2) is 0 Å². The number of likely N-dealkylation sites (N-methyl/N-ethyl adjacent to an activating group) is 1. The summed E-state index contributed by atoms with van der Waals surface area (Å²) in [6.45, 7) is 5.50. The molecule has 0 bridgehead atoms. The van der Waals surface area contributed by atoms with Gasteiger partial charge in [-0.1, -0.05) is 90.2 Å². The Morgan fingerprint density at radius 2 is 1.36 bits per heavy atom. The first-order valence-corrected chi connectivity index (χ1v) is 16.9. The molecule has 2 unspecified atom stereocenters. The minimum atomic E-state index is -4.25. The predicted molar refractivity (Wildman–Crippen MR) is 160 cm³/mol. The van der Waals surface area contributed by atoms with Crippen molar-refractivity contribution in [2.24, 2.45) is 0 Å². The number of carbonyl (C=O) groups excluding carboxylic acids is 1. The van der Waals surface area contributed by atoms with Gasteiger partial charge < -0.3 is 18.9 Å². The van der Waals surface area contributed by atoms with Gasteiger partial charge in [-0.15, -0.1) is 0 Å². The van der Waals surface area contributed by atoms with Gasteiger partial charge in [0.25, 0.3) is 0 Å². The molecule has 232 valence electrons. The van der Waals surface area contributed by atoms with Gasteiger partial charge in [0.1, 0.15) is 19.3 Å². The fraction of sp³-hybridized carbons (Fsp3) is 0.900. The summed E-state index contributed by atoms with van der Waals surface area (Å²) in [5, 5.41) is 0. The largest absolute Gasteiger partial charge is 0.472 e. The summed E-state index contributed by atoms with van der Waals surface area (Å²) in [4.78, 5) is 22.5. The first kappa shape index (κ1) is 38.2. The molecule has 9 heteroatoms. The molecule has 0 spiro atoms. The van der Waals surface area contributed by atoms with Crippen LogP contribution in [0.15, 0.2) is 12.2 Å². The molecule has 0 aliphatic carbocycles. The summed E-state index contributed by atoms with van der Waals surface area (Å²) in [7, 11) is 1.66. The molecule has 1 N–H and O–H groups in total. The Labute approximate surface area is 240 Å². The van der Waals surface area contributed by atoms with Crippen LogP contribution in [0, 0.1) is 0 Å². The molecule has 0 heterocycles. The number of hydrogen-bond donors (Lipinski definition) is 1. The number of hydrogen-bond acceptors (Lipinski definition) is 6. The van der Waals surface area contributed by atoms with E-state index in [1.807, 2.05) is 21.1 Å². The maximum absolute atomic E-state index is 12.4. The number of allylic oxidation sites excluding steroid dienone is 2. The van der Waals surface area contributed by atoms with Crippen molar-refractivity contribution in [1.82, 2.24) is 0 Å². The Bertz CT molecular complexity index is 652. The van der Waals surface area contributed by atoms with Gasteiger partial charge in [-0.2, -0.15) is 0 Å². The smallest absolute Gasteiger partial charge is 0.457 e. The second kappa shape index (κ2) is 25.0. The lowest BCUT2D eigenvalue weighted by atomic mass is 10.1. The van der Waals surface area contributed by atoms with Crippen molar-refractivity contribution >= 4 is 13.8 Å². The second-order valence-electron chi connectivity index (χ2n) is 11.5. The number of unbranched alkanes of at least 4 members (excludes halogenated alkanes) is 12. The van der Waals surface area contributed by atoms with Crippen LogP contribution < -0.4 is 0 Å². The molecule has 39 heavy (non-hydrogen) atoms. The highest BCUT2D eigenvalue weighted by molar-refractivity contribution is 7.47. The first-order valence-electron chi connectivity index (χ1n) is 15.4. The number of nitrogens with zero attached hydrogens (tertiary/aromatic N) is 1. The van der Waals surface area contributed by atoms with Crippen molar-refractivity contribution < 1.29 is 37.3 Å². The zero-order chi connectivity index (χ0) is 29.2.